The fraction of sp³-hybridized carbons (Fsp3) is 0.148. The van der Waals surface area contributed by atoms with Crippen LogP contribution in [0.5, 0.6) is 0 Å². The summed E-state index contributed by atoms with van der Waals surface area (Å²) in [5.74, 6) is -2.68. The molecule has 45 heavy (non-hydrogen) atoms. The molecule has 0 saturated heterocycles. The number of pyridine rings is 1. The van der Waals surface area contributed by atoms with Crippen molar-refractivity contribution in [1.82, 2.24) is 40.3 Å². The number of amides is 2. The summed E-state index contributed by atoms with van der Waals surface area (Å²) in [5.41, 5.74) is 1.31. The number of hydrogen-bond donors (Lipinski definition) is 2. The summed E-state index contributed by atoms with van der Waals surface area (Å²) in [5, 5.41) is 20.6. The number of nitrogens with zero attached hydrogens (tertiary/aromatic N) is 7. The van der Waals surface area contributed by atoms with Gasteiger partial charge in [-0.3, -0.25) is 9.59 Å². The Kier molecular flexibility index (Phi) is 9.30. The van der Waals surface area contributed by atoms with E-state index in [-0.39, 0.29) is 51.6 Å². The van der Waals surface area contributed by atoms with Crippen LogP contribution in [-0.4, -0.2) is 46.8 Å². The van der Waals surface area contributed by atoms with Gasteiger partial charge in [0.05, 0.1) is 32.0 Å². The van der Waals surface area contributed by atoms with E-state index in [0.717, 1.165) is 4.68 Å². The number of rotatable bonds is 8. The highest BCUT2D eigenvalue weighted by Gasteiger charge is 2.37. The summed E-state index contributed by atoms with van der Waals surface area (Å²) < 4.78 is 40.0. The molecule has 0 saturated carbocycles. The normalized spacial score (nSPS) is 11.5. The Labute approximate surface area is 272 Å². The van der Waals surface area contributed by atoms with Gasteiger partial charge in [0.2, 0.25) is 0 Å². The minimum Gasteiger partial charge on any atom is -0.348 e. The number of tetrazole rings is 1. The van der Waals surface area contributed by atoms with Crippen LogP contribution in [-0.2, 0) is 19.3 Å². The average molecular weight is 699 g/mol. The van der Waals surface area contributed by atoms with E-state index in [2.05, 4.69) is 36.1 Å². The van der Waals surface area contributed by atoms with Crippen molar-refractivity contribution in [2.45, 2.75) is 26.2 Å². The third-order valence-electron chi connectivity index (χ3n) is 6.16. The van der Waals surface area contributed by atoms with Crippen LogP contribution in [0.2, 0.25) is 20.1 Å². The molecule has 5 aromatic rings. The summed E-state index contributed by atoms with van der Waals surface area (Å²) in [6, 6.07) is 12.2. The van der Waals surface area contributed by atoms with E-state index in [1.54, 1.807) is 37.3 Å². The SMILES string of the molecule is Cc1cc(Cl)cc(C(=O)NCc2ccc(Cl)c(Cl)c2)c1NC(=O)c1cc(Cn2nnc(C(F)(F)F)n2)nn1-c1ncccc1Cl. The molecule has 18 heteroatoms. The maximum atomic E-state index is 13.7. The first-order valence-electron chi connectivity index (χ1n) is 12.7. The van der Waals surface area contributed by atoms with Crippen LogP contribution in [0, 0.1) is 6.92 Å². The van der Waals surface area contributed by atoms with Gasteiger partial charge in [0.25, 0.3) is 17.6 Å². The monoisotopic (exact) mass is 697 g/mol. The van der Waals surface area contributed by atoms with E-state index in [0.29, 0.717) is 26.0 Å². The zero-order valence-electron chi connectivity index (χ0n) is 22.7. The molecule has 11 nitrogen and oxygen atoms in total. The van der Waals surface area contributed by atoms with Gasteiger partial charge in [-0.05, 0) is 65.7 Å². The molecule has 3 aromatic heterocycles. The van der Waals surface area contributed by atoms with Crippen LogP contribution in [0.4, 0.5) is 18.9 Å². The molecule has 0 aliphatic heterocycles. The first-order chi connectivity index (χ1) is 21.3. The number of halogens is 7. The third kappa shape index (κ3) is 7.36. The fourth-order valence-corrected chi connectivity index (χ4v) is 4.92. The smallest absolute Gasteiger partial charge is 0.348 e. The molecular weight excluding hydrogens is 681 g/mol. The molecule has 232 valence electrons. The highest BCUT2D eigenvalue weighted by Crippen LogP contribution is 2.29. The number of benzene rings is 2. The molecule has 0 aliphatic rings. The van der Waals surface area contributed by atoms with Crippen molar-refractivity contribution in [3.63, 3.8) is 0 Å². The van der Waals surface area contributed by atoms with Crippen LogP contribution in [0.1, 0.15) is 43.5 Å². The Hall–Kier alpha value is -4.24. The van der Waals surface area contributed by atoms with E-state index < -0.39 is 23.8 Å². The van der Waals surface area contributed by atoms with Gasteiger partial charge < -0.3 is 10.6 Å². The number of alkyl halides is 3. The Bertz CT molecular complexity index is 1930. The molecule has 0 spiro atoms. The van der Waals surface area contributed by atoms with E-state index in [1.807, 2.05) is 0 Å². The largest absolute Gasteiger partial charge is 0.455 e. The molecule has 3 heterocycles. The lowest BCUT2D eigenvalue weighted by Gasteiger charge is -2.15. The molecule has 0 unspecified atom stereocenters. The lowest BCUT2D eigenvalue weighted by atomic mass is 10.1. The minimum atomic E-state index is -4.80. The predicted octanol–water partition coefficient (Wildman–Crippen LogP) is 6.43. The van der Waals surface area contributed by atoms with Crippen molar-refractivity contribution in [2.75, 3.05) is 5.32 Å². The van der Waals surface area contributed by atoms with Crippen molar-refractivity contribution in [3.8, 4) is 5.82 Å². The third-order valence-corrected chi connectivity index (χ3v) is 7.41. The molecule has 0 atom stereocenters. The Balaban J connectivity index is 1.46. The van der Waals surface area contributed by atoms with E-state index >= 15 is 0 Å². The maximum Gasteiger partial charge on any atom is 0.455 e. The minimum absolute atomic E-state index is 0.0575. The van der Waals surface area contributed by atoms with Crippen LogP contribution in [0.15, 0.2) is 54.7 Å². The molecule has 0 aliphatic carbocycles. The van der Waals surface area contributed by atoms with Crippen molar-refractivity contribution >= 4 is 63.9 Å². The van der Waals surface area contributed by atoms with Crippen LogP contribution >= 0.6 is 46.4 Å². The molecular formula is C27H18Cl4F3N9O2. The second-order valence-electron chi connectivity index (χ2n) is 9.41. The molecule has 0 bridgehead atoms. The summed E-state index contributed by atoms with van der Waals surface area (Å²) in [7, 11) is 0. The number of anilines is 1. The standard InChI is InChI=1S/C27H18Cl4F3N9O2/c1-13-7-15(28)9-17(24(44)36-11-14-4-5-18(29)20(31)8-14)22(13)37-25(45)21-10-16(12-42-40-26(38-41-42)27(32,33)34)39-43(21)23-19(30)3-2-6-35-23/h2-10H,11-12H2,1H3,(H,36,44)(H,37,45). The van der Waals surface area contributed by atoms with Crippen LogP contribution in [0.3, 0.4) is 0 Å². The lowest BCUT2D eigenvalue weighted by molar-refractivity contribution is -0.145. The van der Waals surface area contributed by atoms with Gasteiger partial charge in [0, 0.05) is 17.8 Å². The summed E-state index contributed by atoms with van der Waals surface area (Å²) in [6.07, 6.45) is -3.38. The number of carbonyl (C=O) groups excluding carboxylic acids is 2. The number of nitrogens with one attached hydrogen (secondary N) is 2. The van der Waals surface area contributed by atoms with Crippen molar-refractivity contribution < 1.29 is 22.8 Å². The second kappa shape index (κ2) is 13.0. The summed E-state index contributed by atoms with van der Waals surface area (Å²) in [6.45, 7) is 1.36. The first-order valence-corrected chi connectivity index (χ1v) is 14.2. The highest BCUT2D eigenvalue weighted by atomic mass is 35.5. The number of carbonyl (C=O) groups is 2. The number of aryl methyl sites for hydroxylation is 1. The number of hydrogen-bond acceptors (Lipinski definition) is 7. The summed E-state index contributed by atoms with van der Waals surface area (Å²) in [4.78, 5) is 31.9. The van der Waals surface area contributed by atoms with E-state index in [9.17, 15) is 22.8 Å². The molecule has 0 fully saturated rings. The van der Waals surface area contributed by atoms with Crippen LogP contribution in [0.25, 0.3) is 5.82 Å². The van der Waals surface area contributed by atoms with Gasteiger partial charge in [-0.15, -0.1) is 10.2 Å². The van der Waals surface area contributed by atoms with Gasteiger partial charge in [-0.25, -0.2) is 9.67 Å². The quantitative estimate of drug-likeness (QED) is 0.191. The van der Waals surface area contributed by atoms with Gasteiger partial charge in [-0.1, -0.05) is 52.5 Å². The lowest BCUT2D eigenvalue weighted by Crippen LogP contribution is -2.26. The Morgan fingerprint density at radius 2 is 1.71 bits per heavy atom. The van der Waals surface area contributed by atoms with Gasteiger partial charge in [0.15, 0.2) is 5.82 Å². The fourth-order valence-electron chi connectivity index (χ4n) is 4.13. The van der Waals surface area contributed by atoms with Gasteiger partial charge >= 0.3 is 6.18 Å². The molecule has 2 aromatic carbocycles. The van der Waals surface area contributed by atoms with Crippen molar-refractivity contribution in [3.05, 3.63) is 109 Å². The summed E-state index contributed by atoms with van der Waals surface area (Å²) >= 11 is 24.6. The van der Waals surface area contributed by atoms with Crippen LogP contribution < -0.4 is 10.6 Å². The molecule has 5 rings (SSSR count). The zero-order chi connectivity index (χ0) is 32.5. The first kappa shape index (κ1) is 32.2. The second-order valence-corrected chi connectivity index (χ2v) is 11.1. The maximum absolute atomic E-state index is 13.7. The van der Waals surface area contributed by atoms with Crippen molar-refractivity contribution in [2.24, 2.45) is 0 Å². The predicted molar refractivity (Wildman–Crippen MR) is 160 cm³/mol. The zero-order valence-corrected chi connectivity index (χ0v) is 25.7. The van der Waals surface area contributed by atoms with Gasteiger partial charge in [0.1, 0.15) is 12.2 Å². The number of aromatic nitrogens is 7. The topological polar surface area (TPSA) is 133 Å². The molecule has 2 amide bonds. The van der Waals surface area contributed by atoms with Crippen molar-refractivity contribution in [1.29, 1.82) is 0 Å². The Morgan fingerprint density at radius 3 is 2.40 bits per heavy atom. The Morgan fingerprint density at radius 1 is 0.933 bits per heavy atom. The molecule has 0 radical (unpaired) electrons. The van der Waals surface area contributed by atoms with E-state index in [1.165, 1.54) is 24.4 Å². The average Bonchev–Trinajstić information content (AvgIpc) is 3.63. The molecule has 2 N–H and O–H groups in total. The van der Waals surface area contributed by atoms with E-state index in [4.69, 9.17) is 46.4 Å². The highest BCUT2D eigenvalue weighted by molar-refractivity contribution is 6.42. The van der Waals surface area contributed by atoms with Gasteiger partial charge in [-0.2, -0.15) is 23.1 Å².